The third-order valence-corrected chi connectivity index (χ3v) is 3.18. The van der Waals surface area contributed by atoms with Crippen LogP contribution >= 0.6 is 0 Å². The molecule has 0 aromatic heterocycles. The molecule has 0 spiro atoms. The van der Waals surface area contributed by atoms with Crippen LogP contribution in [0.1, 0.15) is 12.0 Å². The van der Waals surface area contributed by atoms with Crippen LogP contribution in [0.15, 0.2) is 54.6 Å². The van der Waals surface area contributed by atoms with Crippen molar-refractivity contribution in [1.82, 2.24) is 0 Å². The number of halogens is 3. The highest BCUT2D eigenvalue weighted by molar-refractivity contribution is 5.92. The summed E-state index contributed by atoms with van der Waals surface area (Å²) < 4.78 is 47.4. The van der Waals surface area contributed by atoms with Crippen molar-refractivity contribution in [2.75, 3.05) is 18.5 Å². The highest BCUT2D eigenvalue weighted by atomic mass is 19.4. The number of anilines is 1. The van der Waals surface area contributed by atoms with Gasteiger partial charge in [0.05, 0.1) is 18.6 Å². The summed E-state index contributed by atoms with van der Waals surface area (Å²) in [6.45, 7) is -0.436. The van der Waals surface area contributed by atoms with Crippen LogP contribution in [0.2, 0.25) is 0 Å². The van der Waals surface area contributed by atoms with E-state index >= 15 is 0 Å². The molecule has 0 aliphatic rings. The highest BCUT2D eigenvalue weighted by Crippen LogP contribution is 2.29. The number of ether oxygens (including phenoxy) is 2. The van der Waals surface area contributed by atoms with Crippen LogP contribution in [-0.4, -0.2) is 25.1 Å². The van der Waals surface area contributed by atoms with E-state index in [0.29, 0.717) is 5.75 Å². The lowest BCUT2D eigenvalue weighted by molar-refractivity contribution is -0.147. The average molecular weight is 367 g/mol. The van der Waals surface area contributed by atoms with Crippen molar-refractivity contribution in [1.29, 1.82) is 0 Å². The first kappa shape index (κ1) is 19.3. The van der Waals surface area contributed by atoms with E-state index in [1.165, 1.54) is 0 Å². The predicted molar refractivity (Wildman–Crippen MR) is 87.6 cm³/mol. The van der Waals surface area contributed by atoms with Crippen molar-refractivity contribution in [3.8, 4) is 5.75 Å². The van der Waals surface area contributed by atoms with Crippen LogP contribution in [0.3, 0.4) is 0 Å². The van der Waals surface area contributed by atoms with Crippen molar-refractivity contribution in [2.45, 2.75) is 12.6 Å². The zero-order valence-corrected chi connectivity index (χ0v) is 13.6. The fraction of sp³-hybridized carbons (Fsp3) is 0.222. The molecule has 5 nitrogen and oxygen atoms in total. The molecule has 8 heteroatoms. The maximum atomic E-state index is 12.4. The van der Waals surface area contributed by atoms with Crippen LogP contribution in [0.5, 0.6) is 5.75 Å². The molecule has 0 fully saturated rings. The van der Waals surface area contributed by atoms with Gasteiger partial charge in [-0.15, -0.1) is 0 Å². The third-order valence-electron chi connectivity index (χ3n) is 3.18. The lowest BCUT2D eigenvalue weighted by atomic mass is 10.2. The van der Waals surface area contributed by atoms with Crippen molar-refractivity contribution in [3.05, 3.63) is 60.2 Å². The van der Waals surface area contributed by atoms with Crippen LogP contribution in [0.4, 0.5) is 18.9 Å². The molecule has 2 aromatic carbocycles. The topological polar surface area (TPSA) is 64.6 Å². The molecular formula is C18H16F3NO4. The van der Waals surface area contributed by atoms with Crippen LogP contribution in [-0.2, 0) is 20.5 Å². The molecule has 0 aliphatic carbocycles. The molecule has 0 unspecified atom stereocenters. The van der Waals surface area contributed by atoms with Gasteiger partial charge in [-0.2, -0.15) is 13.2 Å². The van der Waals surface area contributed by atoms with E-state index in [4.69, 9.17) is 9.47 Å². The Morgan fingerprint density at radius 3 is 2.23 bits per heavy atom. The molecule has 0 bridgehead atoms. The van der Waals surface area contributed by atoms with Crippen molar-refractivity contribution in [3.63, 3.8) is 0 Å². The summed E-state index contributed by atoms with van der Waals surface area (Å²) in [5.74, 6) is -0.661. The van der Waals surface area contributed by atoms with Crippen molar-refractivity contribution in [2.24, 2.45) is 0 Å². The Balaban J connectivity index is 1.68. The van der Waals surface area contributed by atoms with E-state index in [1.54, 1.807) is 24.3 Å². The Hall–Kier alpha value is -3.03. The minimum atomic E-state index is -4.44. The molecule has 2 rings (SSSR count). The fourth-order valence-electron chi connectivity index (χ4n) is 1.93. The molecule has 0 aliphatic heterocycles. The Labute approximate surface area is 147 Å². The first-order valence-corrected chi connectivity index (χ1v) is 7.65. The first-order chi connectivity index (χ1) is 12.3. The number of esters is 1. The number of benzene rings is 2. The first-order valence-electron chi connectivity index (χ1n) is 7.65. The largest absolute Gasteiger partial charge is 0.493 e. The van der Waals surface area contributed by atoms with Crippen LogP contribution < -0.4 is 10.1 Å². The van der Waals surface area contributed by atoms with Gasteiger partial charge in [-0.3, -0.25) is 9.59 Å². The Bertz CT molecular complexity index is 730. The van der Waals surface area contributed by atoms with Crippen LogP contribution in [0, 0.1) is 0 Å². The summed E-state index contributed by atoms with van der Waals surface area (Å²) in [6.07, 6.45) is -4.48. The number of alkyl halides is 3. The van der Waals surface area contributed by atoms with Gasteiger partial charge < -0.3 is 14.8 Å². The van der Waals surface area contributed by atoms with Crippen molar-refractivity contribution < 1.29 is 32.2 Å². The number of nitrogens with one attached hydrogen (secondary N) is 1. The molecule has 138 valence electrons. The third kappa shape index (κ3) is 6.46. The SMILES string of the molecule is O=C(COC(=O)CCOc1ccccc1)Nc1ccc(C(F)(F)F)cc1. The zero-order chi connectivity index (χ0) is 19.0. The Morgan fingerprint density at radius 2 is 1.62 bits per heavy atom. The van der Waals surface area contributed by atoms with Gasteiger partial charge in [-0.25, -0.2) is 0 Å². The summed E-state index contributed by atoms with van der Waals surface area (Å²) in [7, 11) is 0. The minimum absolute atomic E-state index is 0.0392. The number of carbonyl (C=O) groups is 2. The fourth-order valence-corrected chi connectivity index (χ4v) is 1.93. The Morgan fingerprint density at radius 1 is 0.962 bits per heavy atom. The quantitative estimate of drug-likeness (QED) is 0.759. The molecule has 1 amide bonds. The van der Waals surface area contributed by atoms with Gasteiger partial charge in [0, 0.05) is 5.69 Å². The van der Waals surface area contributed by atoms with Gasteiger partial charge >= 0.3 is 12.1 Å². The van der Waals surface area contributed by atoms with E-state index in [9.17, 15) is 22.8 Å². The summed E-state index contributed by atoms with van der Waals surface area (Å²) in [5.41, 5.74) is -0.646. The zero-order valence-electron chi connectivity index (χ0n) is 13.6. The predicted octanol–water partition coefficient (Wildman–Crippen LogP) is 3.66. The molecule has 26 heavy (non-hydrogen) atoms. The van der Waals surface area contributed by atoms with Gasteiger partial charge in [0.1, 0.15) is 5.75 Å². The second-order valence-electron chi connectivity index (χ2n) is 5.20. The molecule has 0 saturated carbocycles. The van der Waals surface area contributed by atoms with E-state index in [0.717, 1.165) is 24.3 Å². The molecule has 1 N–H and O–H groups in total. The van der Waals surface area contributed by atoms with E-state index in [-0.39, 0.29) is 18.7 Å². The number of hydrogen-bond acceptors (Lipinski definition) is 4. The van der Waals surface area contributed by atoms with Gasteiger partial charge in [0.25, 0.3) is 5.91 Å². The number of rotatable bonds is 7. The molecule has 2 aromatic rings. The summed E-state index contributed by atoms with van der Waals surface area (Å²) in [4.78, 5) is 23.2. The molecule has 0 saturated heterocycles. The van der Waals surface area contributed by atoms with Gasteiger partial charge in [0.15, 0.2) is 6.61 Å². The number of hydrogen-bond donors (Lipinski definition) is 1. The van der Waals surface area contributed by atoms with E-state index in [1.807, 2.05) is 6.07 Å². The smallest absolute Gasteiger partial charge is 0.416 e. The van der Waals surface area contributed by atoms with Crippen molar-refractivity contribution >= 4 is 17.6 Å². The van der Waals surface area contributed by atoms with Gasteiger partial charge in [-0.1, -0.05) is 18.2 Å². The second-order valence-corrected chi connectivity index (χ2v) is 5.20. The molecule has 0 radical (unpaired) electrons. The monoisotopic (exact) mass is 367 g/mol. The average Bonchev–Trinajstić information content (AvgIpc) is 2.60. The van der Waals surface area contributed by atoms with Crippen LogP contribution in [0.25, 0.3) is 0 Å². The maximum absolute atomic E-state index is 12.4. The molecule has 0 heterocycles. The molecular weight excluding hydrogens is 351 g/mol. The lowest BCUT2D eigenvalue weighted by Gasteiger charge is -2.09. The van der Waals surface area contributed by atoms with E-state index < -0.39 is 30.2 Å². The normalized spacial score (nSPS) is 10.9. The molecule has 0 atom stereocenters. The van der Waals surface area contributed by atoms with Gasteiger partial charge in [-0.05, 0) is 36.4 Å². The van der Waals surface area contributed by atoms with E-state index in [2.05, 4.69) is 5.32 Å². The minimum Gasteiger partial charge on any atom is -0.493 e. The van der Waals surface area contributed by atoms with Gasteiger partial charge in [0.2, 0.25) is 0 Å². The second kappa shape index (κ2) is 8.89. The maximum Gasteiger partial charge on any atom is 0.416 e. The summed E-state index contributed by atoms with van der Waals surface area (Å²) in [6, 6.07) is 12.8. The number of para-hydroxylation sites is 1. The summed E-state index contributed by atoms with van der Waals surface area (Å²) >= 11 is 0. The highest BCUT2D eigenvalue weighted by Gasteiger charge is 2.29. The standard InChI is InChI=1S/C18H16F3NO4/c19-18(20,21)13-6-8-14(9-7-13)22-16(23)12-26-17(24)10-11-25-15-4-2-1-3-5-15/h1-9H,10-12H2,(H,22,23). The summed E-state index contributed by atoms with van der Waals surface area (Å²) in [5, 5.41) is 2.34. The number of amides is 1. The number of carbonyl (C=O) groups excluding carboxylic acids is 2. The lowest BCUT2D eigenvalue weighted by Crippen LogP contribution is -2.21. The Kier molecular flexibility index (Phi) is 6.60.